The fourth-order valence-corrected chi connectivity index (χ4v) is 2.55. The van der Waals surface area contributed by atoms with Crippen LogP contribution in [0.4, 0.5) is 0 Å². The Balaban J connectivity index is 1.86. The molecule has 0 bridgehead atoms. The maximum Gasteiger partial charge on any atom is 0.0547 e. The Morgan fingerprint density at radius 1 is 1.41 bits per heavy atom. The molecule has 2 heterocycles. The highest BCUT2D eigenvalue weighted by Gasteiger charge is 2.21. The van der Waals surface area contributed by atoms with Gasteiger partial charge >= 0.3 is 0 Å². The van der Waals surface area contributed by atoms with Crippen molar-refractivity contribution < 1.29 is 0 Å². The molecule has 0 saturated carbocycles. The van der Waals surface area contributed by atoms with Gasteiger partial charge in [-0.2, -0.15) is 0 Å². The van der Waals surface area contributed by atoms with E-state index in [1.807, 2.05) is 13.0 Å². The van der Waals surface area contributed by atoms with Gasteiger partial charge < -0.3 is 5.73 Å². The molecule has 2 rings (SSSR count). The predicted octanol–water partition coefficient (Wildman–Crippen LogP) is 1.95. The Morgan fingerprint density at radius 3 is 2.71 bits per heavy atom. The zero-order chi connectivity index (χ0) is 12.3. The average molecular weight is 233 g/mol. The Bertz CT molecular complexity index is 354. The second kappa shape index (κ2) is 5.61. The maximum absolute atomic E-state index is 5.95. The van der Waals surface area contributed by atoms with E-state index in [2.05, 4.69) is 28.9 Å². The van der Waals surface area contributed by atoms with E-state index in [-0.39, 0.29) is 0 Å². The van der Waals surface area contributed by atoms with Crippen molar-refractivity contribution in [3.63, 3.8) is 0 Å². The normalized spacial score (nSPS) is 20.4. The molecule has 3 heteroatoms. The lowest BCUT2D eigenvalue weighted by Gasteiger charge is -2.33. The highest BCUT2D eigenvalue weighted by molar-refractivity contribution is 5.09. The zero-order valence-corrected chi connectivity index (χ0v) is 10.9. The van der Waals surface area contributed by atoms with Gasteiger partial charge in [0.05, 0.1) is 5.69 Å². The fraction of sp³-hybridized carbons (Fsp3) is 0.643. The summed E-state index contributed by atoms with van der Waals surface area (Å²) in [6.07, 6.45) is 2.45. The van der Waals surface area contributed by atoms with Crippen LogP contribution < -0.4 is 5.73 Å². The van der Waals surface area contributed by atoms with E-state index in [9.17, 15) is 0 Å². The summed E-state index contributed by atoms with van der Waals surface area (Å²) in [5.41, 5.74) is 8.24. The largest absolute Gasteiger partial charge is 0.328 e. The number of piperidine rings is 1. The molecular formula is C14H23N3. The average Bonchev–Trinajstić information content (AvgIpc) is 2.29. The van der Waals surface area contributed by atoms with Gasteiger partial charge in [0.1, 0.15) is 0 Å². The highest BCUT2D eigenvalue weighted by Crippen LogP contribution is 2.20. The van der Waals surface area contributed by atoms with Gasteiger partial charge in [-0.1, -0.05) is 6.07 Å². The first-order chi connectivity index (χ1) is 8.15. The molecular weight excluding hydrogens is 210 g/mol. The molecule has 1 aliphatic heterocycles. The first kappa shape index (κ1) is 12.5. The first-order valence-corrected chi connectivity index (χ1v) is 6.55. The summed E-state index contributed by atoms with van der Waals surface area (Å²) >= 11 is 0. The van der Waals surface area contributed by atoms with Crippen molar-refractivity contribution in [3.05, 3.63) is 29.6 Å². The van der Waals surface area contributed by atoms with Crippen LogP contribution in [-0.2, 0) is 6.54 Å². The Labute approximate surface area is 104 Å². The van der Waals surface area contributed by atoms with Crippen molar-refractivity contribution >= 4 is 0 Å². The minimum Gasteiger partial charge on any atom is -0.328 e. The van der Waals surface area contributed by atoms with E-state index < -0.39 is 0 Å². The molecule has 2 N–H and O–H groups in total. The lowest BCUT2D eigenvalue weighted by molar-refractivity contribution is 0.164. The third kappa shape index (κ3) is 3.51. The third-order valence-electron chi connectivity index (χ3n) is 3.71. The van der Waals surface area contributed by atoms with E-state index in [1.54, 1.807) is 0 Å². The van der Waals surface area contributed by atoms with Gasteiger partial charge in [0.2, 0.25) is 0 Å². The Morgan fingerprint density at radius 2 is 2.12 bits per heavy atom. The van der Waals surface area contributed by atoms with Crippen LogP contribution in [0.1, 0.15) is 31.2 Å². The van der Waals surface area contributed by atoms with Crippen LogP contribution in [0.15, 0.2) is 18.2 Å². The Kier molecular flexibility index (Phi) is 4.13. The minimum absolute atomic E-state index is 0.342. The summed E-state index contributed by atoms with van der Waals surface area (Å²) in [5.74, 6) is 0.705. The predicted molar refractivity (Wildman–Crippen MR) is 70.6 cm³/mol. The van der Waals surface area contributed by atoms with E-state index in [1.165, 1.54) is 18.5 Å². The smallest absolute Gasteiger partial charge is 0.0547 e. The number of rotatable bonds is 3. The number of pyridine rings is 1. The zero-order valence-electron chi connectivity index (χ0n) is 10.9. The molecule has 0 aromatic carbocycles. The second-order valence-electron chi connectivity index (χ2n) is 5.24. The number of nitrogens with two attached hydrogens (primary N) is 1. The van der Waals surface area contributed by atoms with Crippen molar-refractivity contribution in [2.24, 2.45) is 11.7 Å². The van der Waals surface area contributed by atoms with Crippen LogP contribution in [0.3, 0.4) is 0 Å². The number of likely N-dealkylation sites (tertiary alicyclic amines) is 1. The highest BCUT2D eigenvalue weighted by atomic mass is 15.1. The summed E-state index contributed by atoms with van der Waals surface area (Å²) in [5, 5.41) is 0. The van der Waals surface area contributed by atoms with Crippen molar-refractivity contribution in [3.8, 4) is 0 Å². The van der Waals surface area contributed by atoms with Crippen molar-refractivity contribution in [1.29, 1.82) is 0 Å². The van der Waals surface area contributed by atoms with Gasteiger partial charge in [0, 0.05) is 18.3 Å². The Hall–Kier alpha value is -0.930. The van der Waals surface area contributed by atoms with Gasteiger partial charge in [-0.25, -0.2) is 0 Å². The maximum atomic E-state index is 5.95. The number of hydrogen-bond acceptors (Lipinski definition) is 3. The van der Waals surface area contributed by atoms with E-state index in [4.69, 9.17) is 5.73 Å². The lowest BCUT2D eigenvalue weighted by Crippen LogP contribution is -2.39. The van der Waals surface area contributed by atoms with Crippen molar-refractivity contribution in [1.82, 2.24) is 9.88 Å². The van der Waals surface area contributed by atoms with Crippen LogP contribution in [0.5, 0.6) is 0 Å². The monoisotopic (exact) mass is 233 g/mol. The van der Waals surface area contributed by atoms with Crippen LogP contribution in [0, 0.1) is 12.8 Å². The molecule has 3 nitrogen and oxygen atoms in total. The van der Waals surface area contributed by atoms with Crippen molar-refractivity contribution in [2.45, 2.75) is 39.3 Å². The molecule has 0 spiro atoms. The molecule has 94 valence electrons. The van der Waals surface area contributed by atoms with E-state index in [0.29, 0.717) is 12.0 Å². The minimum atomic E-state index is 0.342. The summed E-state index contributed by atoms with van der Waals surface area (Å²) in [6, 6.07) is 6.59. The SMILES string of the molecule is Cc1cccc(CN2CCC(C(C)N)CC2)n1. The molecule has 17 heavy (non-hydrogen) atoms. The molecule has 0 aliphatic carbocycles. The van der Waals surface area contributed by atoms with Crippen LogP contribution in [0.25, 0.3) is 0 Å². The molecule has 1 aliphatic rings. The number of aryl methyl sites for hydroxylation is 1. The molecule has 1 unspecified atom stereocenters. The van der Waals surface area contributed by atoms with Crippen molar-refractivity contribution in [2.75, 3.05) is 13.1 Å². The molecule has 1 fully saturated rings. The van der Waals surface area contributed by atoms with E-state index in [0.717, 1.165) is 25.3 Å². The van der Waals surface area contributed by atoms with Gasteiger partial charge in [-0.3, -0.25) is 9.88 Å². The van der Waals surface area contributed by atoms with Crippen LogP contribution in [-0.4, -0.2) is 29.0 Å². The summed E-state index contributed by atoms with van der Waals surface area (Å²) in [6.45, 7) is 7.46. The summed E-state index contributed by atoms with van der Waals surface area (Å²) in [7, 11) is 0. The molecule has 1 saturated heterocycles. The fourth-order valence-electron chi connectivity index (χ4n) is 2.55. The van der Waals surface area contributed by atoms with Gasteiger partial charge in [0.15, 0.2) is 0 Å². The second-order valence-corrected chi connectivity index (χ2v) is 5.24. The lowest BCUT2D eigenvalue weighted by atomic mass is 9.91. The van der Waals surface area contributed by atoms with Gasteiger partial charge in [-0.05, 0) is 57.8 Å². The molecule has 1 atom stereocenters. The quantitative estimate of drug-likeness (QED) is 0.867. The van der Waals surface area contributed by atoms with Crippen LogP contribution in [0.2, 0.25) is 0 Å². The number of hydrogen-bond donors (Lipinski definition) is 1. The first-order valence-electron chi connectivity index (χ1n) is 6.55. The topological polar surface area (TPSA) is 42.1 Å². The molecule has 0 amide bonds. The number of nitrogens with zero attached hydrogens (tertiary/aromatic N) is 2. The molecule has 1 aromatic rings. The number of aromatic nitrogens is 1. The van der Waals surface area contributed by atoms with Gasteiger partial charge in [0.25, 0.3) is 0 Å². The third-order valence-corrected chi connectivity index (χ3v) is 3.71. The summed E-state index contributed by atoms with van der Waals surface area (Å²) < 4.78 is 0. The standard InChI is InChI=1S/C14H23N3/c1-11-4-3-5-14(16-11)10-17-8-6-13(7-9-17)12(2)15/h3-5,12-13H,6-10,15H2,1-2H3. The molecule has 0 radical (unpaired) electrons. The molecule has 1 aromatic heterocycles. The van der Waals surface area contributed by atoms with Gasteiger partial charge in [-0.15, -0.1) is 0 Å². The van der Waals surface area contributed by atoms with E-state index >= 15 is 0 Å². The summed E-state index contributed by atoms with van der Waals surface area (Å²) in [4.78, 5) is 7.04. The van der Waals surface area contributed by atoms with Crippen LogP contribution >= 0.6 is 0 Å².